The number of methoxy groups -OCH3 is 1. The van der Waals surface area contributed by atoms with Crippen LogP contribution < -0.4 is 15.0 Å². The number of nitrogens with one attached hydrogen (secondary N) is 1. The second-order valence-electron chi connectivity index (χ2n) is 8.26. The van der Waals surface area contributed by atoms with Crippen LogP contribution in [0.5, 0.6) is 5.75 Å². The van der Waals surface area contributed by atoms with Gasteiger partial charge in [-0.3, -0.25) is 9.58 Å². The molecule has 0 aliphatic carbocycles. The molecular weight excluding hydrogens is 396 g/mol. The Morgan fingerprint density at radius 1 is 1.23 bits per heavy atom. The van der Waals surface area contributed by atoms with Crippen molar-refractivity contribution in [2.24, 2.45) is 7.05 Å². The van der Waals surface area contributed by atoms with Gasteiger partial charge in [-0.1, -0.05) is 12.1 Å². The molecular formula is C22H32N6O3. The lowest BCUT2D eigenvalue weighted by molar-refractivity contribution is 0.102. The highest BCUT2D eigenvalue weighted by Gasteiger charge is 2.26. The number of anilines is 1. The van der Waals surface area contributed by atoms with Crippen LogP contribution in [-0.4, -0.2) is 83.2 Å². The van der Waals surface area contributed by atoms with Crippen molar-refractivity contribution in [3.63, 3.8) is 0 Å². The summed E-state index contributed by atoms with van der Waals surface area (Å²) in [6.07, 6.45) is 2.04. The molecule has 31 heavy (non-hydrogen) atoms. The van der Waals surface area contributed by atoms with Gasteiger partial charge >= 0.3 is 6.03 Å². The number of hydrogen-bond acceptors (Lipinski definition) is 6. The molecule has 0 unspecified atom stereocenters. The first-order chi connectivity index (χ1) is 15.0. The molecule has 1 saturated heterocycles. The first-order valence-electron chi connectivity index (χ1n) is 10.9. The van der Waals surface area contributed by atoms with Crippen molar-refractivity contribution in [2.75, 3.05) is 51.3 Å². The Balaban J connectivity index is 1.14. The van der Waals surface area contributed by atoms with Gasteiger partial charge in [0, 0.05) is 58.1 Å². The predicted octanol–water partition coefficient (Wildman–Crippen LogP) is 1.03. The van der Waals surface area contributed by atoms with Crippen molar-refractivity contribution < 1.29 is 14.6 Å². The summed E-state index contributed by atoms with van der Waals surface area (Å²) in [4.78, 5) is 18.7. The number of fused-ring (bicyclic) bond motifs is 1. The molecule has 0 saturated carbocycles. The molecule has 0 bridgehead atoms. The molecule has 1 fully saturated rings. The molecule has 9 nitrogen and oxygen atoms in total. The first-order valence-corrected chi connectivity index (χ1v) is 10.9. The van der Waals surface area contributed by atoms with Crippen molar-refractivity contribution in [1.82, 2.24) is 24.9 Å². The Hall–Kier alpha value is -2.78. The number of carbonyl (C=O) groups excluding carboxylic acids is 1. The van der Waals surface area contributed by atoms with Gasteiger partial charge in [0.1, 0.15) is 5.75 Å². The molecule has 2 aliphatic heterocycles. The number of benzene rings is 1. The van der Waals surface area contributed by atoms with Crippen LogP contribution in [0.15, 0.2) is 30.5 Å². The number of ether oxygens (including phenoxy) is 1. The summed E-state index contributed by atoms with van der Waals surface area (Å²) in [5.74, 6) is 0.892. The van der Waals surface area contributed by atoms with Gasteiger partial charge in [-0.25, -0.2) is 4.79 Å². The molecule has 168 valence electrons. The summed E-state index contributed by atoms with van der Waals surface area (Å²) < 4.78 is 7.26. The number of rotatable bonds is 7. The summed E-state index contributed by atoms with van der Waals surface area (Å²) in [6, 6.07) is 7.98. The monoisotopic (exact) mass is 428 g/mol. The van der Waals surface area contributed by atoms with Crippen LogP contribution >= 0.6 is 0 Å². The highest BCUT2D eigenvalue weighted by Crippen LogP contribution is 2.28. The average molecular weight is 429 g/mol. The summed E-state index contributed by atoms with van der Waals surface area (Å²) in [6.45, 7) is 5.79. The van der Waals surface area contributed by atoms with Gasteiger partial charge in [-0.05, 0) is 18.6 Å². The highest BCUT2D eigenvalue weighted by atomic mass is 16.5. The minimum Gasteiger partial charge on any atom is -0.495 e. The number of nitrogens with zero attached hydrogens (tertiary/aromatic N) is 5. The smallest absolute Gasteiger partial charge is 0.318 e. The van der Waals surface area contributed by atoms with E-state index in [1.54, 1.807) is 16.7 Å². The molecule has 4 rings (SSSR count). The van der Waals surface area contributed by atoms with E-state index in [1.807, 2.05) is 31.4 Å². The topological polar surface area (TPSA) is 86.1 Å². The van der Waals surface area contributed by atoms with Crippen molar-refractivity contribution >= 4 is 11.7 Å². The quantitative estimate of drug-likeness (QED) is 0.685. The van der Waals surface area contributed by atoms with Crippen LogP contribution in [0.2, 0.25) is 0 Å². The predicted molar refractivity (Wildman–Crippen MR) is 118 cm³/mol. The second kappa shape index (κ2) is 9.57. The van der Waals surface area contributed by atoms with Gasteiger partial charge in [-0.15, -0.1) is 0 Å². The lowest BCUT2D eigenvalue weighted by atomic mass is 10.2. The Labute approximate surface area is 183 Å². The van der Waals surface area contributed by atoms with Crippen LogP contribution in [0, 0.1) is 0 Å². The Bertz CT molecular complexity index is 870. The van der Waals surface area contributed by atoms with E-state index >= 15 is 0 Å². The van der Waals surface area contributed by atoms with Crippen LogP contribution in [0.3, 0.4) is 0 Å². The minimum atomic E-state index is -0.461. The lowest BCUT2D eigenvalue weighted by Crippen LogP contribution is -2.49. The standard InChI is InChI=1S/C22H32N6O3/c1-25-13-17-14-28(16-19(17)24-25)22(30)23-8-7-18(29)15-26-9-11-27(12-10-26)20-5-3-4-6-21(20)31-2/h3-6,13,18,29H,7-12,14-16H2,1-2H3,(H,23,30)/t18-/m1/s1. The summed E-state index contributed by atoms with van der Waals surface area (Å²) in [7, 11) is 3.59. The Kier molecular flexibility index (Phi) is 6.62. The molecule has 0 radical (unpaired) electrons. The highest BCUT2D eigenvalue weighted by molar-refractivity contribution is 5.74. The fraction of sp³-hybridized carbons (Fsp3) is 0.545. The summed E-state index contributed by atoms with van der Waals surface area (Å²) in [5.41, 5.74) is 3.18. The van der Waals surface area contributed by atoms with Crippen molar-refractivity contribution in [3.8, 4) is 5.75 Å². The molecule has 1 aromatic heterocycles. The first kappa shape index (κ1) is 21.5. The van der Waals surface area contributed by atoms with E-state index in [0.717, 1.165) is 48.9 Å². The number of carbonyl (C=O) groups is 1. The third kappa shape index (κ3) is 5.11. The van der Waals surface area contributed by atoms with Gasteiger partial charge in [0.25, 0.3) is 0 Å². The zero-order valence-electron chi connectivity index (χ0n) is 18.3. The van der Waals surface area contributed by atoms with E-state index in [2.05, 4.69) is 26.3 Å². The van der Waals surface area contributed by atoms with Crippen molar-refractivity contribution in [2.45, 2.75) is 25.6 Å². The number of β-amino-alcohol motifs (C(OH)–C–C–N with tert-alkyl or cyclic N) is 1. The zero-order valence-corrected chi connectivity index (χ0v) is 18.3. The van der Waals surface area contributed by atoms with Crippen LogP contribution in [0.25, 0.3) is 0 Å². The molecule has 2 amide bonds. The van der Waals surface area contributed by atoms with Gasteiger partial charge in [0.05, 0.1) is 37.7 Å². The molecule has 0 spiro atoms. The van der Waals surface area contributed by atoms with E-state index < -0.39 is 6.10 Å². The molecule has 2 N–H and O–H groups in total. The van der Waals surface area contributed by atoms with Gasteiger partial charge in [0.2, 0.25) is 0 Å². The maximum absolute atomic E-state index is 12.4. The van der Waals surface area contributed by atoms with Crippen LogP contribution in [-0.2, 0) is 20.1 Å². The number of urea groups is 1. The molecule has 1 atom stereocenters. The second-order valence-corrected chi connectivity index (χ2v) is 8.26. The molecule has 9 heteroatoms. The van der Waals surface area contributed by atoms with Gasteiger partial charge in [-0.2, -0.15) is 5.10 Å². The van der Waals surface area contributed by atoms with E-state index in [0.29, 0.717) is 32.6 Å². The normalized spacial score (nSPS) is 17.5. The zero-order chi connectivity index (χ0) is 21.8. The Morgan fingerprint density at radius 3 is 2.74 bits per heavy atom. The van der Waals surface area contributed by atoms with Gasteiger partial charge in [0.15, 0.2) is 0 Å². The molecule has 2 aliphatic rings. The maximum Gasteiger partial charge on any atom is 0.318 e. The Morgan fingerprint density at radius 2 is 2.00 bits per heavy atom. The number of aromatic nitrogens is 2. The number of aliphatic hydroxyl groups excluding tert-OH is 1. The average Bonchev–Trinajstić information content (AvgIpc) is 3.32. The number of aliphatic hydroxyl groups is 1. The SMILES string of the molecule is COc1ccccc1N1CCN(C[C@H](O)CCNC(=O)N2Cc3cn(C)nc3C2)CC1. The summed E-state index contributed by atoms with van der Waals surface area (Å²) in [5, 5.41) is 17.7. The fourth-order valence-electron chi connectivity index (χ4n) is 4.34. The minimum absolute atomic E-state index is 0.0988. The number of piperazine rings is 1. The van der Waals surface area contributed by atoms with Crippen molar-refractivity contribution in [3.05, 3.63) is 41.7 Å². The van der Waals surface area contributed by atoms with Crippen LogP contribution in [0.4, 0.5) is 10.5 Å². The molecule has 3 heterocycles. The maximum atomic E-state index is 12.4. The lowest BCUT2D eigenvalue weighted by Gasteiger charge is -2.37. The molecule has 1 aromatic carbocycles. The third-order valence-electron chi connectivity index (χ3n) is 6.00. The largest absolute Gasteiger partial charge is 0.495 e. The number of para-hydroxylation sites is 2. The third-order valence-corrected chi connectivity index (χ3v) is 6.00. The van der Waals surface area contributed by atoms with E-state index in [-0.39, 0.29) is 6.03 Å². The summed E-state index contributed by atoms with van der Waals surface area (Å²) >= 11 is 0. The van der Waals surface area contributed by atoms with E-state index in [4.69, 9.17) is 4.74 Å². The fourth-order valence-corrected chi connectivity index (χ4v) is 4.34. The van der Waals surface area contributed by atoms with Crippen molar-refractivity contribution in [1.29, 1.82) is 0 Å². The molecule has 2 aromatic rings. The van der Waals surface area contributed by atoms with E-state index in [1.165, 1.54) is 0 Å². The van der Waals surface area contributed by atoms with Crippen LogP contribution in [0.1, 0.15) is 17.7 Å². The number of amides is 2. The number of hydrogen-bond donors (Lipinski definition) is 2. The van der Waals surface area contributed by atoms with E-state index in [9.17, 15) is 9.90 Å². The number of aryl methyl sites for hydroxylation is 1. The van der Waals surface area contributed by atoms with Gasteiger partial charge < -0.3 is 25.0 Å².